The lowest BCUT2D eigenvalue weighted by Crippen LogP contribution is -1.91. The standard InChI is InChI=1S/C18H15O.Al.4ClH/c1-14-12-17(15-8-4-2-5-9-15)19-18(13-14)16-10-6-3-7-11-16;;;;;/h2-13H,1H3;;4*1H/q+1;+3;;;;/p-4. The van der Waals surface area contributed by atoms with Gasteiger partial charge >= 0.3 is 20.9 Å². The van der Waals surface area contributed by atoms with E-state index in [1.165, 1.54) is 5.56 Å². The third kappa shape index (κ3) is 7.03. The van der Waals surface area contributed by atoms with Crippen molar-refractivity contribution in [1.82, 2.24) is 0 Å². The minimum Gasteiger partial charge on any atom is -0.391 e. The fourth-order valence-corrected chi connectivity index (χ4v) is 2.12. The van der Waals surface area contributed by atoms with Gasteiger partial charge in [0.15, 0.2) is 0 Å². The Bertz CT molecular complexity index is 710. The molecule has 0 spiro atoms. The molecule has 0 amide bonds. The van der Waals surface area contributed by atoms with Crippen LogP contribution in [0.1, 0.15) is 5.56 Å². The summed E-state index contributed by atoms with van der Waals surface area (Å²) in [4.78, 5) is 0. The van der Waals surface area contributed by atoms with Crippen LogP contribution in [-0.4, -0.2) is 9.39 Å². The van der Waals surface area contributed by atoms with Crippen LogP contribution in [0.3, 0.4) is 0 Å². The van der Waals surface area contributed by atoms with Crippen molar-refractivity contribution in [2.75, 3.05) is 0 Å². The van der Waals surface area contributed by atoms with Crippen molar-refractivity contribution in [1.29, 1.82) is 0 Å². The van der Waals surface area contributed by atoms with Gasteiger partial charge in [0, 0.05) is 12.1 Å². The maximum Gasteiger partial charge on any atom is 0.564 e. The van der Waals surface area contributed by atoms with Crippen LogP contribution in [0.15, 0.2) is 77.2 Å². The van der Waals surface area contributed by atoms with E-state index in [1.807, 2.05) is 36.4 Å². The molecule has 3 aromatic rings. The number of aryl methyl sites for hydroxylation is 1. The lowest BCUT2D eigenvalue weighted by molar-refractivity contribution is 0.580. The van der Waals surface area contributed by atoms with Gasteiger partial charge in [0.25, 0.3) is 0 Å². The predicted molar refractivity (Wildman–Crippen MR) is 108 cm³/mol. The van der Waals surface area contributed by atoms with Crippen LogP contribution in [0.4, 0.5) is 0 Å². The fraction of sp³-hybridized carbons (Fsp3) is 0.0556. The molecule has 0 fully saturated rings. The van der Waals surface area contributed by atoms with E-state index in [2.05, 4.69) is 43.3 Å². The monoisotopic (exact) mass is 414 g/mol. The molecule has 6 heteroatoms. The quantitative estimate of drug-likeness (QED) is 0.310. The molecule has 0 aliphatic heterocycles. The van der Waals surface area contributed by atoms with Gasteiger partial charge in [-0.3, -0.25) is 0 Å². The highest BCUT2D eigenvalue weighted by Gasteiger charge is 2.17. The highest BCUT2D eigenvalue weighted by atomic mass is 35.9. The lowest BCUT2D eigenvalue weighted by Gasteiger charge is -1.97. The van der Waals surface area contributed by atoms with Gasteiger partial charge in [-0.05, 0) is 36.8 Å². The van der Waals surface area contributed by atoms with E-state index < -0.39 is 9.39 Å². The summed E-state index contributed by atoms with van der Waals surface area (Å²) in [6.07, 6.45) is 0. The Hall–Kier alpha value is -0.718. The Kier molecular flexibility index (Phi) is 7.44. The molecular weight excluding hydrogens is 401 g/mol. The highest BCUT2D eigenvalue weighted by molar-refractivity contribution is 7.81. The third-order valence-corrected chi connectivity index (χ3v) is 3.05. The molecule has 2 aromatic carbocycles. The van der Waals surface area contributed by atoms with E-state index in [1.54, 1.807) is 0 Å². The largest absolute Gasteiger partial charge is 0.564 e. The highest BCUT2D eigenvalue weighted by Crippen LogP contribution is 2.27. The zero-order valence-corrected chi connectivity index (χ0v) is 17.1. The summed E-state index contributed by atoms with van der Waals surface area (Å²) in [6, 6.07) is 24.5. The zero-order valence-electron chi connectivity index (χ0n) is 12.9. The Morgan fingerprint density at radius 3 is 1.33 bits per heavy atom. The smallest absolute Gasteiger partial charge is 0.391 e. The van der Waals surface area contributed by atoms with Crippen molar-refractivity contribution in [2.24, 2.45) is 0 Å². The normalized spacial score (nSPS) is 10.7. The van der Waals surface area contributed by atoms with Gasteiger partial charge < -0.3 is 40.2 Å². The average molecular weight is 416 g/mol. The van der Waals surface area contributed by atoms with Gasteiger partial charge in [-0.1, -0.05) is 36.4 Å². The van der Waals surface area contributed by atoms with Gasteiger partial charge in [0.2, 0.25) is 0 Å². The van der Waals surface area contributed by atoms with Crippen molar-refractivity contribution in [2.45, 2.75) is 6.92 Å². The Morgan fingerprint density at radius 1 is 0.667 bits per heavy atom. The second kappa shape index (κ2) is 9.11. The Morgan fingerprint density at radius 2 is 1.00 bits per heavy atom. The molecule has 124 valence electrons. The van der Waals surface area contributed by atoms with Crippen LogP contribution in [0.2, 0.25) is 0 Å². The van der Waals surface area contributed by atoms with Crippen LogP contribution in [0.5, 0.6) is 0 Å². The lowest BCUT2D eigenvalue weighted by atomic mass is 10.1. The van der Waals surface area contributed by atoms with E-state index in [0.717, 1.165) is 22.6 Å². The van der Waals surface area contributed by atoms with Crippen LogP contribution >= 0.6 is 40.2 Å². The average Bonchev–Trinajstić information content (AvgIpc) is 2.54. The summed E-state index contributed by atoms with van der Waals surface area (Å²) in [5.41, 5.74) is 3.40. The molecule has 3 rings (SSSR count). The second-order valence-corrected chi connectivity index (χ2v) is 18.0. The molecule has 0 saturated heterocycles. The molecule has 0 aliphatic carbocycles. The van der Waals surface area contributed by atoms with Crippen LogP contribution in [-0.2, 0) is 0 Å². The van der Waals surface area contributed by atoms with Gasteiger partial charge in [-0.2, -0.15) is 0 Å². The molecule has 1 nitrogen and oxygen atoms in total. The summed E-state index contributed by atoms with van der Waals surface area (Å²) in [7, 11) is 17.0. The van der Waals surface area contributed by atoms with Crippen LogP contribution in [0.25, 0.3) is 22.6 Å². The Labute approximate surface area is 161 Å². The molecule has 24 heavy (non-hydrogen) atoms. The second-order valence-electron chi connectivity index (χ2n) is 5.09. The first-order valence-corrected chi connectivity index (χ1v) is 14.2. The maximum absolute atomic E-state index is 6.03. The van der Waals surface area contributed by atoms with Gasteiger partial charge in [0.05, 0.1) is 11.1 Å². The topological polar surface area (TPSA) is 11.3 Å². The van der Waals surface area contributed by atoms with Gasteiger partial charge in [0.1, 0.15) is 0 Å². The van der Waals surface area contributed by atoms with Crippen LogP contribution in [0, 0.1) is 6.92 Å². The van der Waals surface area contributed by atoms with Crippen molar-refractivity contribution in [3.05, 3.63) is 78.4 Å². The summed E-state index contributed by atoms with van der Waals surface area (Å²) in [5.74, 6) is 1.80. The Balaban J connectivity index is 0.000000368. The molecule has 0 radical (unpaired) electrons. The minimum absolute atomic E-state index is 0.902. The first kappa shape index (κ1) is 19.6. The molecule has 0 N–H and O–H groups in total. The van der Waals surface area contributed by atoms with Gasteiger partial charge in [-0.25, -0.2) is 4.42 Å². The van der Waals surface area contributed by atoms with E-state index >= 15 is 0 Å². The fourth-order valence-electron chi connectivity index (χ4n) is 2.12. The molecule has 0 unspecified atom stereocenters. The molecule has 1 heterocycles. The number of rotatable bonds is 2. The first-order chi connectivity index (χ1) is 11.3. The number of benzene rings is 2. The van der Waals surface area contributed by atoms with E-state index in [0.29, 0.717) is 0 Å². The summed E-state index contributed by atoms with van der Waals surface area (Å²) < 4.78 is 6.03. The zero-order chi connectivity index (χ0) is 17.6. The van der Waals surface area contributed by atoms with Crippen molar-refractivity contribution >= 4 is 49.6 Å². The van der Waals surface area contributed by atoms with Crippen molar-refractivity contribution in [3.63, 3.8) is 0 Å². The molecular formula is C18H15AlCl4O. The molecule has 0 bridgehead atoms. The van der Waals surface area contributed by atoms with Crippen LogP contribution < -0.4 is 0 Å². The maximum atomic E-state index is 6.03. The number of hydrogen-bond donors (Lipinski definition) is 0. The third-order valence-electron chi connectivity index (χ3n) is 3.05. The summed E-state index contributed by atoms with van der Waals surface area (Å²) in [5, 5.41) is 0. The van der Waals surface area contributed by atoms with Crippen molar-refractivity contribution < 1.29 is 4.42 Å². The predicted octanol–water partition coefficient (Wildman–Crippen LogP) is 7.58. The summed E-state index contributed by atoms with van der Waals surface area (Å²) >= 11 is 0. The van der Waals surface area contributed by atoms with E-state index in [4.69, 9.17) is 44.6 Å². The van der Waals surface area contributed by atoms with Crippen molar-refractivity contribution in [3.8, 4) is 22.6 Å². The number of hydrogen-bond acceptors (Lipinski definition) is 0. The minimum atomic E-state index is -2.94. The van der Waals surface area contributed by atoms with Gasteiger partial charge in [-0.15, -0.1) is 0 Å². The molecule has 0 saturated carbocycles. The van der Waals surface area contributed by atoms with E-state index in [-0.39, 0.29) is 0 Å². The molecule has 0 aliphatic rings. The van der Waals surface area contributed by atoms with E-state index in [9.17, 15) is 0 Å². The summed E-state index contributed by atoms with van der Waals surface area (Å²) in [6.45, 7) is 2.09. The first-order valence-electron chi connectivity index (χ1n) is 7.26. The SMILES string of the molecule is Cc1cc(-c2ccccc2)[o+]c(-c2ccccc2)c1.[Cl][Al-]([Cl])([Cl])[Cl]. The molecule has 1 aromatic heterocycles. The molecule has 0 atom stereocenters. The number of halogens is 4.